The molecular formula is C17H19INO2Y-. The van der Waals surface area contributed by atoms with Crippen molar-refractivity contribution >= 4 is 28.3 Å². The van der Waals surface area contributed by atoms with Gasteiger partial charge in [-0.15, -0.1) is 34.7 Å². The third-order valence-corrected chi connectivity index (χ3v) is 4.17. The predicted molar refractivity (Wildman–Crippen MR) is 94.1 cm³/mol. The molecule has 1 aromatic carbocycles. The van der Waals surface area contributed by atoms with Crippen LogP contribution in [0.1, 0.15) is 12.0 Å². The maximum atomic E-state index is 5.66. The van der Waals surface area contributed by atoms with Crippen molar-refractivity contribution in [3.63, 3.8) is 0 Å². The molecule has 22 heavy (non-hydrogen) atoms. The van der Waals surface area contributed by atoms with Crippen molar-refractivity contribution in [2.45, 2.75) is 6.42 Å². The number of hydrogen-bond donors (Lipinski definition) is 0. The molecule has 1 radical (unpaired) electrons. The van der Waals surface area contributed by atoms with Crippen LogP contribution in [-0.2, 0) is 37.4 Å². The Hall–Kier alpha value is -0.166. The van der Waals surface area contributed by atoms with Gasteiger partial charge in [-0.2, -0.15) is 12.2 Å². The van der Waals surface area contributed by atoms with Gasteiger partial charge in [0, 0.05) is 59.9 Å². The Kier molecular flexibility index (Phi) is 8.91. The third kappa shape index (κ3) is 5.19. The van der Waals surface area contributed by atoms with Gasteiger partial charge in [0.15, 0.2) is 0 Å². The number of methoxy groups -OCH3 is 1. The first kappa shape index (κ1) is 19.9. The minimum Gasteiger partial charge on any atom is -0.494 e. The van der Waals surface area contributed by atoms with Crippen molar-refractivity contribution in [2.75, 3.05) is 27.4 Å². The molecule has 0 saturated carbocycles. The summed E-state index contributed by atoms with van der Waals surface area (Å²) in [5.74, 6) is 0.873. The summed E-state index contributed by atoms with van der Waals surface area (Å²) in [5, 5.41) is 0. The molecule has 0 amide bonds. The second-order valence-corrected chi connectivity index (χ2v) is 5.87. The molecule has 0 fully saturated rings. The van der Waals surface area contributed by atoms with Crippen molar-refractivity contribution in [2.24, 2.45) is 0 Å². The molecule has 1 aliphatic heterocycles. The topological polar surface area (TPSA) is 21.7 Å². The number of hydrogen-bond acceptors (Lipinski definition) is 3. The fraction of sp³-hybridized carbons (Fsp3) is 0.294. The van der Waals surface area contributed by atoms with Crippen LogP contribution < -0.4 is 4.74 Å². The van der Waals surface area contributed by atoms with Gasteiger partial charge in [0.1, 0.15) is 5.75 Å². The Morgan fingerprint density at radius 2 is 1.91 bits per heavy atom. The summed E-state index contributed by atoms with van der Waals surface area (Å²) in [6.07, 6.45) is 6.16. The van der Waals surface area contributed by atoms with Crippen molar-refractivity contribution in [1.82, 2.24) is 4.90 Å². The first-order valence-corrected chi connectivity index (χ1v) is 7.85. The molecule has 5 heteroatoms. The van der Waals surface area contributed by atoms with Gasteiger partial charge in [-0.25, -0.2) is 0 Å². The Balaban J connectivity index is 0.00000242. The molecule has 0 aromatic heterocycles. The van der Waals surface area contributed by atoms with Crippen LogP contribution in [0.2, 0.25) is 0 Å². The van der Waals surface area contributed by atoms with E-state index in [1.807, 2.05) is 37.4 Å². The normalized spacial score (nSPS) is 14.1. The fourth-order valence-electron chi connectivity index (χ4n) is 1.99. The Morgan fingerprint density at radius 1 is 1.23 bits per heavy atom. The molecule has 0 N–H and O–H groups in total. The van der Waals surface area contributed by atoms with E-state index in [0.717, 1.165) is 39.3 Å². The van der Waals surface area contributed by atoms with Crippen molar-refractivity contribution < 1.29 is 42.2 Å². The van der Waals surface area contributed by atoms with Crippen LogP contribution in [0.5, 0.6) is 5.75 Å². The van der Waals surface area contributed by atoms with Crippen LogP contribution in [0.3, 0.4) is 0 Å². The number of likely N-dealkylation sites (N-methyl/N-ethyl adjacent to an activating group) is 1. The van der Waals surface area contributed by atoms with Crippen LogP contribution in [-0.4, -0.2) is 32.3 Å². The number of ether oxygens (including phenoxy) is 2. The van der Waals surface area contributed by atoms with Crippen molar-refractivity contribution in [3.8, 4) is 5.75 Å². The molecule has 3 nitrogen and oxygen atoms in total. The van der Waals surface area contributed by atoms with Crippen LogP contribution in [0, 0.1) is 6.08 Å². The summed E-state index contributed by atoms with van der Waals surface area (Å²) in [6.45, 7) is 5.47. The maximum absolute atomic E-state index is 5.66. The van der Waals surface area contributed by atoms with E-state index in [1.54, 1.807) is 7.11 Å². The average molecular weight is 485 g/mol. The molecule has 0 spiro atoms. The summed E-state index contributed by atoms with van der Waals surface area (Å²) < 4.78 is 11.8. The number of benzene rings is 1. The van der Waals surface area contributed by atoms with Crippen molar-refractivity contribution in [3.05, 3.63) is 57.8 Å². The Labute approximate surface area is 171 Å². The molecule has 2 rings (SSSR count). The van der Waals surface area contributed by atoms with Crippen LogP contribution in [0.15, 0.2) is 46.2 Å². The van der Waals surface area contributed by atoms with Gasteiger partial charge in [0.25, 0.3) is 0 Å². The summed E-state index contributed by atoms with van der Waals surface area (Å²) >= 11 is 2.27. The van der Waals surface area contributed by atoms with Crippen molar-refractivity contribution in [1.29, 1.82) is 0 Å². The molecular weight excluding hydrogens is 466 g/mol. The fourth-order valence-corrected chi connectivity index (χ4v) is 2.50. The molecule has 0 bridgehead atoms. The molecule has 0 atom stereocenters. The van der Waals surface area contributed by atoms with E-state index in [0.29, 0.717) is 6.61 Å². The van der Waals surface area contributed by atoms with E-state index in [9.17, 15) is 0 Å². The summed E-state index contributed by atoms with van der Waals surface area (Å²) in [7, 11) is 3.70. The zero-order chi connectivity index (χ0) is 15.2. The molecule has 1 heterocycles. The Morgan fingerprint density at radius 3 is 2.55 bits per heavy atom. The second kappa shape index (κ2) is 9.86. The van der Waals surface area contributed by atoms with Gasteiger partial charge in [0.05, 0.1) is 6.61 Å². The number of allylic oxidation sites excluding steroid dienone is 3. The predicted octanol–water partition coefficient (Wildman–Crippen LogP) is 4.02. The number of halogens is 1. The van der Waals surface area contributed by atoms with Gasteiger partial charge in [-0.1, -0.05) is 21.4 Å². The third-order valence-electron chi connectivity index (χ3n) is 3.24. The molecule has 1 aliphatic rings. The minimum absolute atomic E-state index is 0. The first-order valence-electron chi connectivity index (χ1n) is 6.78. The molecule has 0 saturated heterocycles. The quantitative estimate of drug-likeness (QED) is 0.346. The van der Waals surface area contributed by atoms with Crippen LogP contribution in [0.4, 0.5) is 0 Å². The Bertz CT molecular complexity index is 567. The van der Waals surface area contributed by atoms with E-state index in [1.165, 1.54) is 0 Å². The minimum atomic E-state index is 0. The number of rotatable bonds is 6. The van der Waals surface area contributed by atoms with E-state index in [4.69, 9.17) is 9.47 Å². The van der Waals surface area contributed by atoms with E-state index in [2.05, 4.69) is 40.1 Å². The largest absolute Gasteiger partial charge is 0.494 e. The summed E-state index contributed by atoms with van der Waals surface area (Å²) in [5.41, 5.74) is 3.11. The molecule has 115 valence electrons. The average Bonchev–Trinajstić information content (AvgIpc) is 2.50. The van der Waals surface area contributed by atoms with Crippen LogP contribution >= 0.6 is 22.6 Å². The van der Waals surface area contributed by atoms with Gasteiger partial charge < -0.3 is 14.4 Å². The second-order valence-electron chi connectivity index (χ2n) is 4.71. The molecule has 0 unspecified atom stereocenters. The zero-order valence-electron chi connectivity index (χ0n) is 12.9. The monoisotopic (exact) mass is 485 g/mol. The molecule has 0 aliphatic carbocycles. The molecule has 1 aromatic rings. The SMILES string of the molecule is C=C1C(I)=C[C-]=C(c2ccc(OCCCOC)cc2)N1C.[Y]. The van der Waals surface area contributed by atoms with Crippen LogP contribution in [0.25, 0.3) is 5.70 Å². The van der Waals surface area contributed by atoms with Gasteiger partial charge >= 0.3 is 0 Å². The first-order chi connectivity index (χ1) is 10.1. The standard InChI is InChI=1S/C17H19INO2.Y/c1-13-16(18)9-10-17(19(13)2)14-5-7-15(8-6-14)21-12-4-11-20-3;/h5-9H,1,4,11-12H2,2-3H3;/q-1;. The van der Waals surface area contributed by atoms with E-state index >= 15 is 0 Å². The summed E-state index contributed by atoms with van der Waals surface area (Å²) in [6, 6.07) is 8.06. The van der Waals surface area contributed by atoms with Gasteiger partial charge in [-0.05, 0) is 17.8 Å². The number of nitrogens with zero attached hydrogens (tertiary/aromatic N) is 1. The maximum Gasteiger partial charge on any atom is 0.117 e. The van der Waals surface area contributed by atoms with E-state index < -0.39 is 0 Å². The summed E-state index contributed by atoms with van der Waals surface area (Å²) in [4.78, 5) is 2.05. The zero-order valence-corrected chi connectivity index (χ0v) is 17.9. The van der Waals surface area contributed by atoms with Gasteiger partial charge in [-0.3, -0.25) is 0 Å². The van der Waals surface area contributed by atoms with Gasteiger partial charge in [0.2, 0.25) is 0 Å². The van der Waals surface area contributed by atoms with E-state index in [-0.39, 0.29) is 32.7 Å². The smallest absolute Gasteiger partial charge is 0.117 e.